The van der Waals surface area contributed by atoms with E-state index in [0.717, 1.165) is 0 Å². The van der Waals surface area contributed by atoms with Gasteiger partial charge in [-0.1, -0.05) is 0 Å². The summed E-state index contributed by atoms with van der Waals surface area (Å²) in [5, 5.41) is 10.8. The minimum atomic E-state index is -0.811. The van der Waals surface area contributed by atoms with Gasteiger partial charge >= 0.3 is 0 Å². The fourth-order valence-corrected chi connectivity index (χ4v) is 3.17. The van der Waals surface area contributed by atoms with Crippen molar-refractivity contribution in [1.82, 2.24) is 0 Å². The van der Waals surface area contributed by atoms with Gasteiger partial charge in [0.05, 0.1) is 6.61 Å². The Bertz CT molecular complexity index is 438. The molecule has 21 heavy (non-hydrogen) atoms. The zero-order valence-electron chi connectivity index (χ0n) is 12.6. The van der Waals surface area contributed by atoms with Crippen molar-refractivity contribution in [2.24, 2.45) is 0 Å². The molecule has 0 bridgehead atoms. The van der Waals surface area contributed by atoms with Crippen molar-refractivity contribution in [3.63, 3.8) is 0 Å². The number of nitrogens with zero attached hydrogens (tertiary/aromatic N) is 1. The molecule has 0 aromatic carbocycles. The fourth-order valence-electron chi connectivity index (χ4n) is 3.17. The maximum Gasteiger partial charge on any atom is 0.232 e. The number of rotatable bonds is 2. The monoisotopic (exact) mass is 303 g/mol. The lowest BCUT2D eigenvalue weighted by Crippen LogP contribution is -2.64. The van der Waals surface area contributed by atoms with E-state index in [2.05, 4.69) is 0 Å². The molecule has 3 saturated heterocycles. The Morgan fingerprint density at radius 2 is 1.67 bits per heavy atom. The van der Waals surface area contributed by atoms with Gasteiger partial charge in [0.1, 0.15) is 24.4 Å². The van der Waals surface area contributed by atoms with E-state index in [4.69, 9.17) is 23.7 Å². The van der Waals surface area contributed by atoms with Crippen LogP contribution in [0.4, 0.5) is 0 Å². The second-order valence-corrected chi connectivity index (χ2v) is 6.59. The average Bonchev–Trinajstić information content (AvgIpc) is 2.65. The SMILES string of the molecule is CC1(C)O[C@@H]2[C@@H](O1)[C@H](C[N+](=O)[O-])O[C@@H]1COC(C)(C)O[C@H]21. The summed E-state index contributed by atoms with van der Waals surface area (Å²) in [4.78, 5) is 10.4. The van der Waals surface area contributed by atoms with Crippen molar-refractivity contribution < 1.29 is 28.6 Å². The van der Waals surface area contributed by atoms with Crippen LogP contribution in [0, 0.1) is 10.1 Å². The first-order chi connectivity index (χ1) is 9.67. The van der Waals surface area contributed by atoms with Gasteiger partial charge in [-0.15, -0.1) is 0 Å². The van der Waals surface area contributed by atoms with Gasteiger partial charge in [0.25, 0.3) is 0 Å². The van der Waals surface area contributed by atoms with E-state index in [0.29, 0.717) is 6.61 Å². The molecular weight excluding hydrogens is 282 g/mol. The standard InChI is InChI=1S/C13H21NO7/c1-12(2)17-6-8-10(19-12)11-9(20-13(3,4)21-11)7(18-8)5-14(15)16/h7-11H,5-6H2,1-4H3/t7-,8+,9-,10-,11+/m0/s1. The Morgan fingerprint density at radius 1 is 1.05 bits per heavy atom. The van der Waals surface area contributed by atoms with Gasteiger partial charge in [-0.05, 0) is 27.7 Å². The highest BCUT2D eigenvalue weighted by Crippen LogP contribution is 2.41. The maximum atomic E-state index is 10.8. The van der Waals surface area contributed by atoms with Crippen LogP contribution in [0.25, 0.3) is 0 Å². The van der Waals surface area contributed by atoms with E-state index in [1.54, 1.807) is 13.8 Å². The number of fused-ring (bicyclic) bond motifs is 3. The van der Waals surface area contributed by atoms with E-state index in [1.807, 2.05) is 13.8 Å². The molecule has 0 unspecified atom stereocenters. The van der Waals surface area contributed by atoms with Gasteiger partial charge < -0.3 is 23.7 Å². The molecule has 8 nitrogen and oxygen atoms in total. The van der Waals surface area contributed by atoms with Crippen LogP contribution in [0.2, 0.25) is 0 Å². The van der Waals surface area contributed by atoms with Crippen molar-refractivity contribution in [2.75, 3.05) is 13.2 Å². The van der Waals surface area contributed by atoms with Crippen molar-refractivity contribution in [3.8, 4) is 0 Å². The zero-order chi connectivity index (χ0) is 15.4. The second-order valence-electron chi connectivity index (χ2n) is 6.59. The predicted molar refractivity (Wildman–Crippen MR) is 69.3 cm³/mol. The van der Waals surface area contributed by atoms with E-state index < -0.39 is 34.8 Å². The third kappa shape index (κ3) is 2.91. The summed E-state index contributed by atoms with van der Waals surface area (Å²) in [5.74, 6) is -1.55. The Morgan fingerprint density at radius 3 is 2.33 bits per heavy atom. The smallest absolute Gasteiger partial charge is 0.232 e. The molecule has 0 N–H and O–H groups in total. The Kier molecular flexibility index (Phi) is 3.49. The van der Waals surface area contributed by atoms with E-state index in [1.165, 1.54) is 0 Å². The van der Waals surface area contributed by atoms with Gasteiger partial charge in [0.2, 0.25) is 6.54 Å². The number of hydrogen-bond acceptors (Lipinski definition) is 7. The highest BCUT2D eigenvalue weighted by atomic mass is 16.8. The molecule has 0 amide bonds. The van der Waals surface area contributed by atoms with Crippen LogP contribution in [0.5, 0.6) is 0 Å². The minimum Gasteiger partial charge on any atom is -0.360 e. The normalized spacial score (nSPS) is 43.9. The van der Waals surface area contributed by atoms with Gasteiger partial charge in [-0.25, -0.2) is 0 Å². The summed E-state index contributed by atoms with van der Waals surface area (Å²) in [6.45, 7) is 7.21. The molecule has 0 radical (unpaired) electrons. The van der Waals surface area contributed by atoms with Gasteiger partial charge in [0.15, 0.2) is 17.7 Å². The van der Waals surface area contributed by atoms with E-state index in [-0.39, 0.29) is 18.8 Å². The fraction of sp³-hybridized carbons (Fsp3) is 1.00. The third-order valence-electron chi connectivity index (χ3n) is 3.91. The molecule has 0 saturated carbocycles. The van der Waals surface area contributed by atoms with Gasteiger partial charge in [0, 0.05) is 4.92 Å². The Labute approximate surface area is 122 Å². The molecule has 5 atom stereocenters. The molecule has 120 valence electrons. The minimum absolute atomic E-state index is 0.318. The van der Waals surface area contributed by atoms with E-state index in [9.17, 15) is 10.1 Å². The largest absolute Gasteiger partial charge is 0.360 e. The Hall–Kier alpha value is -0.800. The number of ether oxygens (including phenoxy) is 5. The van der Waals surface area contributed by atoms with Crippen LogP contribution in [-0.4, -0.2) is 60.2 Å². The predicted octanol–water partition coefficient (Wildman–Crippen LogP) is 0.702. The molecule has 3 aliphatic heterocycles. The topological polar surface area (TPSA) is 89.3 Å². The van der Waals surface area contributed by atoms with E-state index >= 15 is 0 Å². The zero-order valence-corrected chi connectivity index (χ0v) is 12.6. The summed E-state index contributed by atoms with van der Waals surface area (Å²) >= 11 is 0. The lowest BCUT2D eigenvalue weighted by molar-refractivity contribution is -0.500. The van der Waals surface area contributed by atoms with Crippen molar-refractivity contribution >= 4 is 0 Å². The van der Waals surface area contributed by atoms with Crippen LogP contribution >= 0.6 is 0 Å². The van der Waals surface area contributed by atoms with Crippen LogP contribution in [0.1, 0.15) is 27.7 Å². The van der Waals surface area contributed by atoms with Gasteiger partial charge in [-0.2, -0.15) is 0 Å². The first-order valence-corrected chi connectivity index (χ1v) is 7.11. The van der Waals surface area contributed by atoms with Crippen LogP contribution in [0.15, 0.2) is 0 Å². The second kappa shape index (κ2) is 4.85. The molecule has 0 aliphatic carbocycles. The molecule has 3 fully saturated rings. The quantitative estimate of drug-likeness (QED) is 0.548. The van der Waals surface area contributed by atoms with Crippen molar-refractivity contribution in [2.45, 2.75) is 69.8 Å². The van der Waals surface area contributed by atoms with Crippen LogP contribution in [0.3, 0.4) is 0 Å². The molecule has 0 spiro atoms. The lowest BCUT2D eigenvalue weighted by atomic mass is 9.94. The average molecular weight is 303 g/mol. The van der Waals surface area contributed by atoms with Crippen LogP contribution in [-0.2, 0) is 23.7 Å². The summed E-state index contributed by atoms with van der Waals surface area (Å²) in [6.07, 6.45) is -2.32. The molecule has 3 rings (SSSR count). The summed E-state index contributed by atoms with van der Waals surface area (Å²) in [6, 6.07) is 0. The maximum absolute atomic E-state index is 10.8. The first-order valence-electron chi connectivity index (χ1n) is 7.11. The molecule has 0 aromatic rings. The molecule has 3 heterocycles. The summed E-state index contributed by atoms with van der Waals surface area (Å²) in [5.41, 5.74) is 0. The molecule has 8 heteroatoms. The highest BCUT2D eigenvalue weighted by molar-refractivity contribution is 5.01. The molecule has 3 aliphatic rings. The highest BCUT2D eigenvalue weighted by Gasteiger charge is 2.59. The van der Waals surface area contributed by atoms with Crippen LogP contribution < -0.4 is 0 Å². The summed E-state index contributed by atoms with van der Waals surface area (Å²) < 4.78 is 29.0. The van der Waals surface area contributed by atoms with Crippen molar-refractivity contribution in [3.05, 3.63) is 10.1 Å². The summed E-state index contributed by atoms with van der Waals surface area (Å²) in [7, 11) is 0. The van der Waals surface area contributed by atoms with Crippen molar-refractivity contribution in [1.29, 1.82) is 0 Å². The van der Waals surface area contributed by atoms with Gasteiger partial charge in [-0.3, -0.25) is 10.1 Å². The lowest BCUT2D eigenvalue weighted by Gasteiger charge is -2.47. The molecular formula is C13H21NO7. The number of hydrogen-bond donors (Lipinski definition) is 0. The molecule has 0 aromatic heterocycles. The third-order valence-corrected chi connectivity index (χ3v) is 3.91. The Balaban J connectivity index is 1.84. The number of nitro groups is 1. The first kappa shape index (κ1) is 15.1.